The van der Waals surface area contributed by atoms with Crippen molar-refractivity contribution in [2.75, 3.05) is 0 Å². The SMILES string of the molecule is CC.CC.Cc1cccc([C@@H](C)CCC(=O)C2=CC(c3ccncc3)=CCC2=O)c1. The van der Waals surface area contributed by atoms with Gasteiger partial charge in [0.1, 0.15) is 0 Å². The van der Waals surface area contributed by atoms with E-state index in [1.54, 1.807) is 18.5 Å². The van der Waals surface area contributed by atoms with Crippen LogP contribution < -0.4 is 0 Å². The van der Waals surface area contributed by atoms with Gasteiger partial charge < -0.3 is 0 Å². The van der Waals surface area contributed by atoms with Gasteiger partial charge >= 0.3 is 0 Å². The van der Waals surface area contributed by atoms with Gasteiger partial charge in [-0.2, -0.15) is 0 Å². The second-order valence-corrected chi connectivity index (χ2v) is 6.86. The van der Waals surface area contributed by atoms with Gasteiger partial charge in [0.05, 0.1) is 5.57 Å². The van der Waals surface area contributed by atoms with E-state index in [1.807, 2.05) is 52.0 Å². The monoisotopic (exact) mass is 405 g/mol. The van der Waals surface area contributed by atoms with Gasteiger partial charge in [0, 0.05) is 25.2 Å². The van der Waals surface area contributed by atoms with Crippen LogP contribution >= 0.6 is 0 Å². The van der Waals surface area contributed by atoms with E-state index in [9.17, 15) is 9.59 Å². The van der Waals surface area contributed by atoms with Crippen molar-refractivity contribution in [1.29, 1.82) is 0 Å². The first-order valence-electron chi connectivity index (χ1n) is 11.0. The number of aryl methyl sites for hydroxylation is 1. The van der Waals surface area contributed by atoms with Crippen molar-refractivity contribution in [3.05, 3.63) is 83.2 Å². The van der Waals surface area contributed by atoms with Crippen LogP contribution in [0.15, 0.2) is 66.5 Å². The maximum absolute atomic E-state index is 12.7. The zero-order valence-electron chi connectivity index (χ0n) is 19.2. The molecular weight excluding hydrogens is 370 g/mol. The molecule has 1 atom stereocenters. The van der Waals surface area contributed by atoms with Gasteiger partial charge in [-0.05, 0) is 54.2 Å². The molecule has 0 unspecified atom stereocenters. The topological polar surface area (TPSA) is 47.0 Å². The van der Waals surface area contributed by atoms with Crippen LogP contribution in [0.3, 0.4) is 0 Å². The fraction of sp³-hybridized carbons (Fsp3) is 0.370. The van der Waals surface area contributed by atoms with Gasteiger partial charge in [0.15, 0.2) is 11.6 Å². The minimum atomic E-state index is -0.0870. The van der Waals surface area contributed by atoms with Gasteiger partial charge in [-0.25, -0.2) is 0 Å². The van der Waals surface area contributed by atoms with E-state index in [-0.39, 0.29) is 23.9 Å². The lowest BCUT2D eigenvalue weighted by Gasteiger charge is -2.15. The molecule has 0 radical (unpaired) electrons. The molecule has 0 N–H and O–H groups in total. The van der Waals surface area contributed by atoms with Gasteiger partial charge in [0.2, 0.25) is 0 Å². The number of aromatic nitrogens is 1. The lowest BCUT2D eigenvalue weighted by atomic mass is 9.88. The van der Waals surface area contributed by atoms with E-state index in [0.717, 1.165) is 17.6 Å². The number of pyridine rings is 1. The van der Waals surface area contributed by atoms with Crippen molar-refractivity contribution in [1.82, 2.24) is 4.98 Å². The molecule has 1 aliphatic carbocycles. The molecule has 0 saturated carbocycles. The molecular formula is C27H35NO2. The molecule has 30 heavy (non-hydrogen) atoms. The summed E-state index contributed by atoms with van der Waals surface area (Å²) >= 11 is 0. The fourth-order valence-corrected chi connectivity index (χ4v) is 3.21. The Morgan fingerprint density at radius 2 is 1.73 bits per heavy atom. The first-order chi connectivity index (χ1) is 14.5. The van der Waals surface area contributed by atoms with Crippen molar-refractivity contribution in [2.45, 2.75) is 66.7 Å². The van der Waals surface area contributed by atoms with Crippen molar-refractivity contribution in [3.8, 4) is 0 Å². The molecule has 1 aromatic carbocycles. The normalized spacial score (nSPS) is 13.6. The molecule has 1 aromatic heterocycles. The van der Waals surface area contributed by atoms with Crippen LogP contribution in [-0.4, -0.2) is 16.6 Å². The minimum Gasteiger partial charge on any atom is -0.294 e. The summed E-state index contributed by atoms with van der Waals surface area (Å²) in [5.74, 6) is 0.138. The quantitative estimate of drug-likeness (QED) is 0.492. The third-order valence-electron chi connectivity index (χ3n) is 4.84. The fourth-order valence-electron chi connectivity index (χ4n) is 3.21. The summed E-state index contributed by atoms with van der Waals surface area (Å²) < 4.78 is 0. The highest BCUT2D eigenvalue weighted by atomic mass is 16.1. The van der Waals surface area contributed by atoms with E-state index >= 15 is 0 Å². The number of ketones is 2. The Bertz CT molecular complexity index is 879. The Morgan fingerprint density at radius 3 is 2.37 bits per heavy atom. The molecule has 0 saturated heterocycles. The second-order valence-electron chi connectivity index (χ2n) is 6.86. The average Bonchev–Trinajstić information content (AvgIpc) is 2.81. The molecule has 3 rings (SSSR count). The first kappa shape index (κ1) is 25.2. The lowest BCUT2D eigenvalue weighted by Crippen LogP contribution is -2.16. The highest BCUT2D eigenvalue weighted by Crippen LogP contribution is 2.26. The second kappa shape index (κ2) is 13.4. The summed E-state index contributed by atoms with van der Waals surface area (Å²) in [5.41, 5.74) is 4.68. The Labute approximate surface area is 181 Å². The molecule has 2 aromatic rings. The third-order valence-corrected chi connectivity index (χ3v) is 4.84. The van der Waals surface area contributed by atoms with Crippen molar-refractivity contribution >= 4 is 17.1 Å². The number of carbonyl (C=O) groups is 2. The van der Waals surface area contributed by atoms with Crippen LogP contribution in [0.1, 0.15) is 76.5 Å². The van der Waals surface area contributed by atoms with Crippen LogP contribution in [-0.2, 0) is 9.59 Å². The molecule has 160 valence electrons. The molecule has 1 heterocycles. The lowest BCUT2D eigenvalue weighted by molar-refractivity contribution is -0.121. The summed E-state index contributed by atoms with van der Waals surface area (Å²) in [6.07, 6.45) is 8.45. The van der Waals surface area contributed by atoms with E-state index in [2.05, 4.69) is 37.0 Å². The number of benzene rings is 1. The van der Waals surface area contributed by atoms with Crippen LogP contribution in [0, 0.1) is 6.92 Å². The smallest absolute Gasteiger partial charge is 0.170 e. The zero-order valence-corrected chi connectivity index (χ0v) is 19.2. The summed E-state index contributed by atoms with van der Waals surface area (Å²) in [5, 5.41) is 0. The van der Waals surface area contributed by atoms with Gasteiger partial charge in [-0.15, -0.1) is 0 Å². The number of rotatable bonds is 6. The van der Waals surface area contributed by atoms with E-state index < -0.39 is 0 Å². The summed E-state index contributed by atoms with van der Waals surface area (Å²) in [6, 6.07) is 12.1. The first-order valence-corrected chi connectivity index (χ1v) is 11.0. The van der Waals surface area contributed by atoms with Gasteiger partial charge in [0.25, 0.3) is 0 Å². The molecule has 0 aliphatic heterocycles. The van der Waals surface area contributed by atoms with Crippen LogP contribution in [0.25, 0.3) is 5.57 Å². The number of hydrogen-bond donors (Lipinski definition) is 0. The predicted molar refractivity (Wildman–Crippen MR) is 126 cm³/mol. The maximum atomic E-state index is 12.7. The summed E-state index contributed by atoms with van der Waals surface area (Å²) in [6.45, 7) is 12.2. The average molecular weight is 406 g/mol. The largest absolute Gasteiger partial charge is 0.294 e. The summed E-state index contributed by atoms with van der Waals surface area (Å²) in [7, 11) is 0. The Morgan fingerprint density at radius 1 is 1.07 bits per heavy atom. The standard InChI is InChI=1S/C23H23NO2.2C2H6/c1-16-4-3-5-19(14-16)17(2)6-8-22(25)21-15-20(7-9-23(21)26)18-10-12-24-13-11-18;2*1-2/h3-5,7,10-15,17H,6,8-9H2,1-2H3;2*1-2H3/t17-;;/m0../s1. The number of hydrogen-bond acceptors (Lipinski definition) is 3. The Kier molecular flexibility index (Phi) is 11.3. The molecule has 3 heteroatoms. The van der Waals surface area contributed by atoms with Crippen LogP contribution in [0.2, 0.25) is 0 Å². The summed E-state index contributed by atoms with van der Waals surface area (Å²) in [4.78, 5) is 28.9. The van der Waals surface area contributed by atoms with Gasteiger partial charge in [-0.1, -0.05) is 70.5 Å². The molecule has 3 nitrogen and oxygen atoms in total. The van der Waals surface area contributed by atoms with Crippen molar-refractivity contribution in [3.63, 3.8) is 0 Å². The molecule has 0 fully saturated rings. The van der Waals surface area contributed by atoms with E-state index in [4.69, 9.17) is 0 Å². The van der Waals surface area contributed by atoms with Gasteiger partial charge in [-0.3, -0.25) is 14.6 Å². The third kappa shape index (κ3) is 7.22. The molecule has 0 bridgehead atoms. The van der Waals surface area contributed by atoms with E-state index in [1.165, 1.54) is 11.1 Å². The minimum absolute atomic E-state index is 0.0610. The number of nitrogens with zero attached hydrogens (tertiary/aromatic N) is 1. The Hall–Kier alpha value is -2.81. The molecule has 1 aliphatic rings. The number of Topliss-reactive ketones (excluding diaryl/α,β-unsaturated/α-hetero) is 2. The highest BCUT2D eigenvalue weighted by molar-refractivity contribution is 6.23. The van der Waals surface area contributed by atoms with E-state index in [0.29, 0.717) is 12.0 Å². The number of allylic oxidation sites excluding steroid dienone is 4. The predicted octanol–water partition coefficient (Wildman–Crippen LogP) is 6.88. The molecule has 0 spiro atoms. The highest BCUT2D eigenvalue weighted by Gasteiger charge is 2.22. The zero-order chi connectivity index (χ0) is 22.5. The van der Waals surface area contributed by atoms with Crippen LogP contribution in [0.4, 0.5) is 0 Å². The number of carbonyl (C=O) groups excluding carboxylic acids is 2. The van der Waals surface area contributed by atoms with Crippen molar-refractivity contribution < 1.29 is 9.59 Å². The van der Waals surface area contributed by atoms with Crippen molar-refractivity contribution in [2.24, 2.45) is 0 Å². The Balaban J connectivity index is 0.00000106. The van der Waals surface area contributed by atoms with Crippen LogP contribution in [0.5, 0.6) is 0 Å². The maximum Gasteiger partial charge on any atom is 0.170 e. The molecule has 0 amide bonds.